The van der Waals surface area contributed by atoms with Crippen molar-refractivity contribution < 1.29 is 14.6 Å². The number of carbonyl (C=O) groups excluding carboxylic acids is 1. The number of amides is 1. The smallest absolute Gasteiger partial charge is 0.407 e. The number of nitrogens with one attached hydrogen (secondary N) is 2. The molecule has 6 heteroatoms. The third-order valence-electron chi connectivity index (χ3n) is 4.02. The standard InChI is InChI=1S/C17H34N2O3S/c1-16(2,3)22-15(20)18-10-13-8-6-7-9-14(13)19-11-17(4,21)12-23-5/h13-14,19,21H,6-12H2,1-5H3,(H,18,20). The lowest BCUT2D eigenvalue weighted by molar-refractivity contribution is 0.0499. The molecule has 5 nitrogen and oxygen atoms in total. The Morgan fingerprint density at radius 3 is 2.52 bits per heavy atom. The number of aliphatic hydroxyl groups is 1. The summed E-state index contributed by atoms with van der Waals surface area (Å²) in [5, 5.41) is 16.7. The van der Waals surface area contributed by atoms with Gasteiger partial charge in [-0.25, -0.2) is 4.79 Å². The van der Waals surface area contributed by atoms with Crippen LogP contribution in [-0.2, 0) is 4.74 Å². The number of alkyl carbamates (subject to hydrolysis) is 1. The van der Waals surface area contributed by atoms with Gasteiger partial charge in [0.05, 0.1) is 5.60 Å². The zero-order chi connectivity index (χ0) is 17.5. The topological polar surface area (TPSA) is 70.6 Å². The second-order valence-electron chi connectivity index (χ2n) is 7.84. The second kappa shape index (κ2) is 9.14. The maximum absolute atomic E-state index is 11.8. The van der Waals surface area contributed by atoms with E-state index in [0.717, 1.165) is 12.8 Å². The monoisotopic (exact) mass is 346 g/mol. The second-order valence-corrected chi connectivity index (χ2v) is 8.71. The first-order valence-electron chi connectivity index (χ1n) is 8.54. The summed E-state index contributed by atoms with van der Waals surface area (Å²) in [6, 6.07) is 0.340. The molecule has 0 saturated heterocycles. The van der Waals surface area contributed by atoms with Gasteiger partial charge in [-0.3, -0.25) is 0 Å². The van der Waals surface area contributed by atoms with Gasteiger partial charge < -0.3 is 20.5 Å². The quantitative estimate of drug-likeness (QED) is 0.661. The van der Waals surface area contributed by atoms with Crippen molar-refractivity contribution >= 4 is 17.9 Å². The fourth-order valence-corrected chi connectivity index (χ4v) is 3.69. The summed E-state index contributed by atoms with van der Waals surface area (Å²) >= 11 is 1.65. The molecule has 1 rings (SSSR count). The molecule has 0 radical (unpaired) electrons. The van der Waals surface area contributed by atoms with Crippen molar-refractivity contribution in [3.63, 3.8) is 0 Å². The minimum absolute atomic E-state index is 0.340. The predicted octanol–water partition coefficient (Wildman–Crippen LogP) is 2.77. The van der Waals surface area contributed by atoms with Crippen LogP contribution in [0.5, 0.6) is 0 Å². The first-order chi connectivity index (χ1) is 10.6. The van der Waals surface area contributed by atoms with E-state index in [-0.39, 0.29) is 6.09 Å². The van der Waals surface area contributed by atoms with E-state index in [9.17, 15) is 9.90 Å². The molecule has 3 atom stereocenters. The summed E-state index contributed by atoms with van der Waals surface area (Å²) in [4.78, 5) is 11.8. The zero-order valence-electron chi connectivity index (χ0n) is 15.3. The van der Waals surface area contributed by atoms with E-state index in [1.54, 1.807) is 11.8 Å². The Morgan fingerprint density at radius 2 is 1.91 bits per heavy atom. The van der Waals surface area contributed by atoms with E-state index in [1.165, 1.54) is 12.8 Å². The van der Waals surface area contributed by atoms with E-state index in [2.05, 4.69) is 10.6 Å². The SMILES string of the molecule is CSCC(C)(O)CNC1CCCCC1CNC(=O)OC(C)(C)C. The van der Waals surface area contributed by atoms with Gasteiger partial charge in [0.15, 0.2) is 0 Å². The first-order valence-corrected chi connectivity index (χ1v) is 9.94. The lowest BCUT2D eigenvalue weighted by Gasteiger charge is -2.35. The molecule has 1 amide bonds. The van der Waals surface area contributed by atoms with E-state index >= 15 is 0 Å². The van der Waals surface area contributed by atoms with E-state index in [0.29, 0.717) is 30.8 Å². The molecule has 0 heterocycles. The van der Waals surface area contributed by atoms with Crippen molar-refractivity contribution in [2.45, 2.75) is 70.6 Å². The maximum atomic E-state index is 11.8. The number of carbonyl (C=O) groups is 1. The molecule has 1 aliphatic rings. The summed E-state index contributed by atoms with van der Waals surface area (Å²) in [6.07, 6.45) is 6.23. The summed E-state index contributed by atoms with van der Waals surface area (Å²) in [6.45, 7) is 8.67. The van der Waals surface area contributed by atoms with Crippen molar-refractivity contribution in [2.24, 2.45) is 5.92 Å². The lowest BCUT2D eigenvalue weighted by Crippen LogP contribution is -2.50. The first kappa shape index (κ1) is 20.6. The van der Waals surface area contributed by atoms with Crippen LogP contribution in [0.2, 0.25) is 0 Å². The molecule has 3 N–H and O–H groups in total. The molecule has 0 aromatic carbocycles. The zero-order valence-corrected chi connectivity index (χ0v) is 16.1. The molecule has 1 saturated carbocycles. The minimum atomic E-state index is -0.694. The van der Waals surface area contributed by atoms with Gasteiger partial charge in [0, 0.05) is 24.9 Å². The van der Waals surface area contributed by atoms with E-state index in [1.807, 2.05) is 34.0 Å². The van der Waals surface area contributed by atoms with Crippen LogP contribution >= 0.6 is 11.8 Å². The van der Waals surface area contributed by atoms with Crippen LogP contribution in [0.4, 0.5) is 4.79 Å². The van der Waals surface area contributed by atoms with Gasteiger partial charge in [0.25, 0.3) is 0 Å². The van der Waals surface area contributed by atoms with Crippen LogP contribution < -0.4 is 10.6 Å². The van der Waals surface area contributed by atoms with Gasteiger partial charge in [-0.15, -0.1) is 0 Å². The Hall–Kier alpha value is -0.460. The van der Waals surface area contributed by atoms with Gasteiger partial charge in [-0.1, -0.05) is 12.8 Å². The highest BCUT2D eigenvalue weighted by Crippen LogP contribution is 2.24. The molecule has 1 aliphatic carbocycles. The lowest BCUT2D eigenvalue weighted by atomic mass is 9.84. The van der Waals surface area contributed by atoms with E-state index < -0.39 is 11.2 Å². The highest BCUT2D eigenvalue weighted by molar-refractivity contribution is 7.98. The number of thioether (sulfide) groups is 1. The normalized spacial score (nSPS) is 24.8. The van der Waals surface area contributed by atoms with Gasteiger partial charge in [0.1, 0.15) is 5.60 Å². The van der Waals surface area contributed by atoms with Crippen LogP contribution in [0.3, 0.4) is 0 Å². The molecule has 136 valence electrons. The van der Waals surface area contributed by atoms with Crippen LogP contribution in [-0.4, -0.2) is 53.5 Å². The maximum Gasteiger partial charge on any atom is 0.407 e. The Kier molecular flexibility index (Phi) is 8.18. The summed E-state index contributed by atoms with van der Waals surface area (Å²) in [5.74, 6) is 1.11. The Labute approximate surface area is 145 Å². The minimum Gasteiger partial charge on any atom is -0.444 e. The Morgan fingerprint density at radius 1 is 1.26 bits per heavy atom. The molecule has 0 aromatic heterocycles. The molecular formula is C17H34N2O3S. The number of rotatable bonds is 7. The van der Waals surface area contributed by atoms with Gasteiger partial charge in [-0.2, -0.15) is 11.8 Å². The van der Waals surface area contributed by atoms with Crippen LogP contribution in [0, 0.1) is 5.92 Å². The molecule has 23 heavy (non-hydrogen) atoms. The van der Waals surface area contributed by atoms with Crippen molar-refractivity contribution in [1.82, 2.24) is 10.6 Å². The summed E-state index contributed by atoms with van der Waals surface area (Å²) < 4.78 is 5.30. The number of hydrogen-bond donors (Lipinski definition) is 3. The number of ether oxygens (including phenoxy) is 1. The molecule has 0 aromatic rings. The van der Waals surface area contributed by atoms with Crippen molar-refractivity contribution in [3.05, 3.63) is 0 Å². The number of hydrogen-bond acceptors (Lipinski definition) is 5. The molecular weight excluding hydrogens is 312 g/mol. The van der Waals surface area contributed by atoms with Gasteiger partial charge in [0.2, 0.25) is 0 Å². The molecule has 0 aliphatic heterocycles. The third-order valence-corrected chi connectivity index (χ3v) is 4.93. The molecule has 0 bridgehead atoms. The van der Waals surface area contributed by atoms with Crippen molar-refractivity contribution in [1.29, 1.82) is 0 Å². The third kappa shape index (κ3) is 8.82. The fraction of sp³-hybridized carbons (Fsp3) is 0.941. The highest BCUT2D eigenvalue weighted by atomic mass is 32.2. The van der Waals surface area contributed by atoms with Crippen molar-refractivity contribution in [2.75, 3.05) is 25.1 Å². The van der Waals surface area contributed by atoms with E-state index in [4.69, 9.17) is 4.74 Å². The van der Waals surface area contributed by atoms with Crippen molar-refractivity contribution in [3.8, 4) is 0 Å². The van der Waals surface area contributed by atoms with Gasteiger partial charge in [-0.05, 0) is 52.7 Å². The Balaban J connectivity index is 2.44. The van der Waals surface area contributed by atoms with Crippen LogP contribution in [0.25, 0.3) is 0 Å². The van der Waals surface area contributed by atoms with Gasteiger partial charge >= 0.3 is 6.09 Å². The highest BCUT2D eigenvalue weighted by Gasteiger charge is 2.28. The largest absolute Gasteiger partial charge is 0.444 e. The average molecular weight is 347 g/mol. The molecule has 3 unspecified atom stereocenters. The summed E-state index contributed by atoms with van der Waals surface area (Å²) in [5.41, 5.74) is -1.16. The molecule has 0 spiro atoms. The molecule has 1 fully saturated rings. The van der Waals surface area contributed by atoms with Crippen LogP contribution in [0.1, 0.15) is 53.4 Å². The van der Waals surface area contributed by atoms with Crippen LogP contribution in [0.15, 0.2) is 0 Å². The average Bonchev–Trinajstić information content (AvgIpc) is 2.42. The summed E-state index contributed by atoms with van der Waals surface area (Å²) in [7, 11) is 0. The Bertz CT molecular complexity index is 369. The fourth-order valence-electron chi connectivity index (χ4n) is 2.96. The predicted molar refractivity (Wildman–Crippen MR) is 97.0 cm³/mol.